The molecule has 5 heteroatoms. The molecule has 1 saturated carbocycles. The average molecular weight is 397 g/mol. The summed E-state index contributed by atoms with van der Waals surface area (Å²) in [5.41, 5.74) is 0.973. The Labute approximate surface area is 152 Å². The molecule has 126 valence electrons. The van der Waals surface area contributed by atoms with Gasteiger partial charge in [0.05, 0.1) is 0 Å². The molecule has 0 unspecified atom stereocenters. The molecule has 1 aliphatic carbocycles. The van der Waals surface area contributed by atoms with Crippen molar-refractivity contribution >= 4 is 39.2 Å². The number of nitrogens with one attached hydrogen (secondary N) is 2. The largest absolute Gasteiger partial charge is 0.360 e. The van der Waals surface area contributed by atoms with Crippen LogP contribution in [0.3, 0.4) is 0 Å². The van der Waals surface area contributed by atoms with E-state index in [2.05, 4.69) is 47.3 Å². The zero-order chi connectivity index (χ0) is 17.0. The summed E-state index contributed by atoms with van der Waals surface area (Å²) >= 11 is 8.66. The average Bonchev–Trinajstić information content (AvgIpc) is 2.46. The summed E-state index contributed by atoms with van der Waals surface area (Å²) < 4.78 is 0.879. The van der Waals surface area contributed by atoms with Gasteiger partial charge >= 0.3 is 0 Å². The Bertz CT molecular complexity index is 575. The monoisotopic (exact) mass is 396 g/mol. The van der Waals surface area contributed by atoms with Gasteiger partial charge in [0.1, 0.15) is 0 Å². The molecular formula is C18H25BrN2OS. The zero-order valence-corrected chi connectivity index (χ0v) is 16.4. The number of carbonyl (C=O) groups is 1. The zero-order valence-electron chi connectivity index (χ0n) is 14.0. The molecule has 0 atom stereocenters. The Morgan fingerprint density at radius 1 is 1.22 bits per heavy atom. The third kappa shape index (κ3) is 5.57. The summed E-state index contributed by atoms with van der Waals surface area (Å²) in [5.74, 6) is 0.595. The van der Waals surface area contributed by atoms with Crippen LogP contribution < -0.4 is 10.6 Å². The maximum absolute atomic E-state index is 12.2. The quantitative estimate of drug-likeness (QED) is 0.714. The van der Waals surface area contributed by atoms with Crippen LogP contribution in [0.1, 0.15) is 56.8 Å². The van der Waals surface area contributed by atoms with Crippen LogP contribution >= 0.6 is 28.1 Å². The van der Waals surface area contributed by atoms with Gasteiger partial charge in [-0.05, 0) is 67.4 Å². The number of hydrogen-bond donors (Lipinski definition) is 2. The molecule has 1 aliphatic rings. The van der Waals surface area contributed by atoms with E-state index in [0.29, 0.717) is 22.1 Å². The Morgan fingerprint density at radius 2 is 1.87 bits per heavy atom. The van der Waals surface area contributed by atoms with E-state index in [9.17, 15) is 4.79 Å². The van der Waals surface area contributed by atoms with Gasteiger partial charge in [-0.2, -0.15) is 0 Å². The second-order valence-electron chi connectivity index (χ2n) is 7.35. The second kappa shape index (κ2) is 7.75. The first-order valence-corrected chi connectivity index (χ1v) is 9.33. The highest BCUT2D eigenvalue weighted by Crippen LogP contribution is 2.37. The minimum Gasteiger partial charge on any atom is -0.360 e. The van der Waals surface area contributed by atoms with Crippen molar-refractivity contribution < 1.29 is 4.79 Å². The van der Waals surface area contributed by atoms with Crippen molar-refractivity contribution in [2.75, 3.05) is 0 Å². The highest BCUT2D eigenvalue weighted by atomic mass is 79.9. The molecule has 23 heavy (non-hydrogen) atoms. The van der Waals surface area contributed by atoms with Crippen LogP contribution in [0, 0.1) is 11.3 Å². The third-order valence-electron chi connectivity index (χ3n) is 4.60. The lowest BCUT2D eigenvalue weighted by atomic mass is 9.71. The number of benzene rings is 1. The smallest absolute Gasteiger partial charge is 0.257 e. The van der Waals surface area contributed by atoms with E-state index in [1.807, 2.05) is 12.1 Å². The molecule has 1 fully saturated rings. The minimum absolute atomic E-state index is 0.174. The van der Waals surface area contributed by atoms with Crippen LogP contribution in [0.5, 0.6) is 0 Å². The first kappa shape index (κ1) is 18.4. The summed E-state index contributed by atoms with van der Waals surface area (Å²) in [6.07, 6.45) is 4.64. The molecule has 2 N–H and O–H groups in total. The van der Waals surface area contributed by atoms with Gasteiger partial charge in [0.2, 0.25) is 0 Å². The van der Waals surface area contributed by atoms with E-state index in [1.54, 1.807) is 12.1 Å². The van der Waals surface area contributed by atoms with Crippen LogP contribution in [0.2, 0.25) is 0 Å². The highest BCUT2D eigenvalue weighted by molar-refractivity contribution is 9.10. The van der Waals surface area contributed by atoms with E-state index in [0.717, 1.165) is 23.2 Å². The van der Waals surface area contributed by atoms with Gasteiger partial charge in [0, 0.05) is 16.1 Å². The normalized spacial score (nSPS) is 21.6. The van der Waals surface area contributed by atoms with E-state index >= 15 is 0 Å². The summed E-state index contributed by atoms with van der Waals surface area (Å²) in [5, 5.41) is 6.49. The van der Waals surface area contributed by atoms with Gasteiger partial charge in [-0.25, -0.2) is 0 Å². The Hall–Kier alpha value is -0.940. The molecule has 3 nitrogen and oxygen atoms in total. The van der Waals surface area contributed by atoms with Crippen LogP contribution in [-0.2, 0) is 0 Å². The topological polar surface area (TPSA) is 41.1 Å². The lowest BCUT2D eigenvalue weighted by Crippen LogP contribution is -2.46. The van der Waals surface area contributed by atoms with Gasteiger partial charge < -0.3 is 5.32 Å². The Balaban J connectivity index is 1.81. The minimum atomic E-state index is -0.174. The lowest BCUT2D eigenvalue weighted by molar-refractivity contribution is 0.0976. The number of halogens is 1. The van der Waals surface area contributed by atoms with Gasteiger partial charge in [0.25, 0.3) is 5.91 Å². The van der Waals surface area contributed by atoms with Crippen molar-refractivity contribution in [3.05, 3.63) is 34.3 Å². The molecule has 1 aromatic rings. The molecule has 2 rings (SSSR count). The molecule has 0 aromatic heterocycles. The molecule has 0 aliphatic heterocycles. The molecule has 0 saturated heterocycles. The van der Waals surface area contributed by atoms with Gasteiger partial charge in [-0.1, -0.05) is 42.8 Å². The standard InChI is InChI=1S/C18H25BrN2OS/c1-18(2,3)13-7-9-15(10-8-13)20-17(23)21-16(22)12-5-4-6-14(19)11-12/h4-6,11,13,15H,7-10H2,1-3H3,(H2,20,21,22,23). The summed E-state index contributed by atoms with van der Waals surface area (Å²) in [6.45, 7) is 6.94. The van der Waals surface area contributed by atoms with E-state index in [-0.39, 0.29) is 5.91 Å². The van der Waals surface area contributed by atoms with Gasteiger partial charge in [-0.3, -0.25) is 10.1 Å². The van der Waals surface area contributed by atoms with E-state index in [4.69, 9.17) is 12.2 Å². The molecule has 0 spiro atoms. The van der Waals surface area contributed by atoms with Crippen molar-refractivity contribution in [1.82, 2.24) is 10.6 Å². The van der Waals surface area contributed by atoms with Crippen LogP contribution in [0.25, 0.3) is 0 Å². The number of amides is 1. The van der Waals surface area contributed by atoms with E-state index in [1.165, 1.54) is 12.8 Å². The number of carbonyl (C=O) groups excluding carboxylic acids is 1. The van der Waals surface area contributed by atoms with Crippen LogP contribution in [-0.4, -0.2) is 17.1 Å². The number of rotatable bonds is 2. The van der Waals surface area contributed by atoms with Gasteiger partial charge in [-0.15, -0.1) is 0 Å². The Kier molecular flexibility index (Phi) is 6.20. The third-order valence-corrected chi connectivity index (χ3v) is 5.31. The highest BCUT2D eigenvalue weighted by Gasteiger charge is 2.29. The maximum Gasteiger partial charge on any atom is 0.257 e. The van der Waals surface area contributed by atoms with Crippen molar-refractivity contribution in [2.45, 2.75) is 52.5 Å². The maximum atomic E-state index is 12.2. The second-order valence-corrected chi connectivity index (χ2v) is 8.68. The predicted molar refractivity (Wildman–Crippen MR) is 103 cm³/mol. The molecule has 0 heterocycles. The summed E-state index contributed by atoms with van der Waals surface area (Å²) in [4.78, 5) is 12.2. The predicted octanol–water partition coefficient (Wildman–Crippen LogP) is 4.66. The first-order valence-electron chi connectivity index (χ1n) is 8.13. The summed E-state index contributed by atoms with van der Waals surface area (Å²) in [7, 11) is 0. The molecule has 0 radical (unpaired) electrons. The fraction of sp³-hybridized carbons (Fsp3) is 0.556. The fourth-order valence-corrected chi connectivity index (χ4v) is 3.79. The van der Waals surface area contributed by atoms with Gasteiger partial charge in [0.15, 0.2) is 5.11 Å². The van der Waals surface area contributed by atoms with E-state index < -0.39 is 0 Å². The number of hydrogen-bond acceptors (Lipinski definition) is 2. The van der Waals surface area contributed by atoms with Crippen LogP contribution in [0.4, 0.5) is 0 Å². The molecule has 1 aromatic carbocycles. The van der Waals surface area contributed by atoms with Crippen LogP contribution in [0.15, 0.2) is 28.7 Å². The van der Waals surface area contributed by atoms with Crippen molar-refractivity contribution in [1.29, 1.82) is 0 Å². The fourth-order valence-electron chi connectivity index (χ4n) is 3.13. The first-order chi connectivity index (χ1) is 10.8. The van der Waals surface area contributed by atoms with Crippen molar-refractivity contribution in [2.24, 2.45) is 11.3 Å². The molecule has 0 bridgehead atoms. The lowest BCUT2D eigenvalue weighted by Gasteiger charge is -2.37. The Morgan fingerprint density at radius 3 is 2.43 bits per heavy atom. The molecular weight excluding hydrogens is 372 g/mol. The SMILES string of the molecule is CC(C)(C)C1CCC(NC(=S)NC(=O)c2cccc(Br)c2)CC1. The summed E-state index contributed by atoms with van der Waals surface area (Å²) in [6, 6.07) is 7.65. The molecule has 1 amide bonds. The number of thiocarbonyl (C=S) groups is 1. The van der Waals surface area contributed by atoms with Crippen molar-refractivity contribution in [3.8, 4) is 0 Å². The van der Waals surface area contributed by atoms with Crippen molar-refractivity contribution in [3.63, 3.8) is 0 Å².